The Labute approximate surface area is 259 Å². The van der Waals surface area contributed by atoms with Crippen molar-refractivity contribution in [2.24, 2.45) is 5.92 Å². The predicted molar refractivity (Wildman–Crippen MR) is 169 cm³/mol. The summed E-state index contributed by atoms with van der Waals surface area (Å²) in [5.41, 5.74) is 2.42. The van der Waals surface area contributed by atoms with Crippen LogP contribution in [0.3, 0.4) is 0 Å². The molecule has 3 atom stereocenters. The fourth-order valence-electron chi connectivity index (χ4n) is 4.99. The van der Waals surface area contributed by atoms with Gasteiger partial charge in [-0.05, 0) is 54.4 Å². The smallest absolute Gasteiger partial charge is 0.321 e. The Hall–Kier alpha value is -4.13. The first kappa shape index (κ1) is 32.8. The molecule has 3 aromatic carbocycles. The monoisotopic (exact) mass is 624 g/mol. The van der Waals surface area contributed by atoms with Crippen molar-refractivity contribution in [2.45, 2.75) is 30.9 Å². The molecule has 0 saturated heterocycles. The van der Waals surface area contributed by atoms with Gasteiger partial charge >= 0.3 is 6.03 Å². The molecule has 1 heterocycles. The van der Waals surface area contributed by atoms with Crippen LogP contribution in [-0.2, 0) is 10.0 Å². The first-order valence-corrected chi connectivity index (χ1v) is 15.7. The van der Waals surface area contributed by atoms with E-state index < -0.39 is 22.2 Å². The van der Waals surface area contributed by atoms with Crippen molar-refractivity contribution in [1.82, 2.24) is 14.1 Å². The van der Waals surface area contributed by atoms with Crippen molar-refractivity contribution >= 4 is 27.6 Å². The first-order valence-electron chi connectivity index (χ1n) is 14.3. The minimum atomic E-state index is -4.05. The fraction of sp³-hybridized carbons (Fsp3) is 0.375. The molecule has 4 rings (SSSR count). The molecule has 0 aliphatic carbocycles. The molecule has 0 fully saturated rings. The minimum absolute atomic E-state index is 0.0394. The molecule has 0 saturated carbocycles. The predicted octanol–water partition coefficient (Wildman–Crippen LogP) is 4.00. The molecule has 0 aromatic heterocycles. The van der Waals surface area contributed by atoms with Crippen LogP contribution in [0.4, 0.5) is 10.5 Å². The van der Waals surface area contributed by atoms with E-state index in [9.17, 15) is 23.1 Å². The average Bonchev–Trinajstić information content (AvgIpc) is 3.01. The van der Waals surface area contributed by atoms with Crippen LogP contribution in [0.25, 0.3) is 11.1 Å². The van der Waals surface area contributed by atoms with Crippen LogP contribution in [0, 0.1) is 5.92 Å². The normalized spacial score (nSPS) is 18.5. The maximum Gasteiger partial charge on any atom is 0.321 e. The molecule has 3 amide bonds. The van der Waals surface area contributed by atoms with Gasteiger partial charge in [-0.25, -0.2) is 13.2 Å². The number of carbonyl (C=O) groups excluding carboxylic acids is 2. The van der Waals surface area contributed by atoms with Gasteiger partial charge in [0.25, 0.3) is 5.91 Å². The molecule has 3 aromatic rings. The third-order valence-corrected chi connectivity index (χ3v) is 9.66. The van der Waals surface area contributed by atoms with Crippen molar-refractivity contribution in [2.75, 3.05) is 53.3 Å². The number of amides is 3. The maximum absolute atomic E-state index is 13.9. The Morgan fingerprint density at radius 2 is 1.77 bits per heavy atom. The number of methoxy groups -OCH3 is 1. The number of carbonyl (C=O) groups is 2. The highest BCUT2D eigenvalue weighted by molar-refractivity contribution is 7.89. The number of urea groups is 1. The Kier molecular flexibility index (Phi) is 10.2. The Morgan fingerprint density at radius 3 is 2.45 bits per heavy atom. The summed E-state index contributed by atoms with van der Waals surface area (Å²) in [6.45, 7) is 3.37. The summed E-state index contributed by atoms with van der Waals surface area (Å²) in [7, 11) is 2.48. The highest BCUT2D eigenvalue weighted by atomic mass is 32.2. The zero-order chi connectivity index (χ0) is 32.2. The number of aliphatic hydroxyl groups excluding tert-OH is 1. The second-order valence-electron chi connectivity index (χ2n) is 11.2. The number of benzene rings is 3. The van der Waals surface area contributed by atoms with E-state index in [1.807, 2.05) is 13.0 Å². The number of sulfonamides is 1. The standard InChI is InChI=1S/C32H40N4O7S/c1-21-18-36(22(2)20-37)44(40,41)30-14-13-24(23-9-7-10-25(15-23)31(38)34(3)4)16-28(30)43-29(21)19-35(5)32(39)33-26-11-8-12-27(17-26)42-6/h7-17,21-22,29,37H,18-20H2,1-6H3,(H,33,39)/t21-,22-,29+/m1/s1. The molecule has 11 nitrogen and oxygen atoms in total. The summed E-state index contributed by atoms with van der Waals surface area (Å²) >= 11 is 0. The molecular weight excluding hydrogens is 584 g/mol. The van der Waals surface area contributed by atoms with Gasteiger partial charge in [-0.1, -0.05) is 31.2 Å². The Morgan fingerprint density at radius 1 is 1.07 bits per heavy atom. The summed E-state index contributed by atoms with van der Waals surface area (Å²) in [6.07, 6.45) is -0.601. The molecule has 236 valence electrons. The lowest BCUT2D eigenvalue weighted by Crippen LogP contribution is -2.50. The SMILES string of the molecule is COc1cccc(NC(=O)N(C)C[C@@H]2Oc3cc(-c4cccc(C(=O)N(C)C)c4)ccc3S(=O)(=O)N([C@H](C)CO)C[C@H]2C)c1. The lowest BCUT2D eigenvalue weighted by Gasteiger charge is -2.37. The molecule has 0 spiro atoms. The second-order valence-corrected chi connectivity index (χ2v) is 13.1. The number of nitrogens with one attached hydrogen (secondary N) is 1. The van der Waals surface area contributed by atoms with Crippen molar-refractivity contribution in [3.63, 3.8) is 0 Å². The zero-order valence-corrected chi connectivity index (χ0v) is 26.7. The van der Waals surface area contributed by atoms with Crippen LogP contribution < -0.4 is 14.8 Å². The summed E-state index contributed by atoms with van der Waals surface area (Å²) in [5.74, 6) is 0.212. The maximum atomic E-state index is 13.9. The summed E-state index contributed by atoms with van der Waals surface area (Å²) in [5, 5.41) is 12.8. The van der Waals surface area contributed by atoms with Crippen LogP contribution in [0.2, 0.25) is 0 Å². The van der Waals surface area contributed by atoms with Gasteiger partial charge in [0.05, 0.1) is 20.3 Å². The van der Waals surface area contributed by atoms with Gasteiger partial charge in [0.15, 0.2) is 0 Å². The topological polar surface area (TPSA) is 129 Å². The van der Waals surface area contributed by atoms with Crippen LogP contribution in [0.15, 0.2) is 71.6 Å². The van der Waals surface area contributed by atoms with E-state index in [2.05, 4.69) is 5.32 Å². The number of hydrogen-bond acceptors (Lipinski definition) is 7. The zero-order valence-electron chi connectivity index (χ0n) is 25.9. The van der Waals surface area contributed by atoms with Gasteiger partial charge in [-0.2, -0.15) is 4.31 Å². The lowest BCUT2D eigenvalue weighted by atomic mass is 10.0. The Bertz CT molecular complexity index is 1610. The van der Waals surface area contributed by atoms with Gasteiger partial charge in [-0.3, -0.25) is 4.79 Å². The van der Waals surface area contributed by atoms with Gasteiger partial charge in [0.2, 0.25) is 10.0 Å². The summed E-state index contributed by atoms with van der Waals surface area (Å²) in [6, 6.07) is 17.8. The number of rotatable bonds is 8. The fourth-order valence-corrected chi connectivity index (χ4v) is 6.81. The number of anilines is 1. The molecule has 0 bridgehead atoms. The minimum Gasteiger partial charge on any atom is -0.497 e. The molecule has 0 unspecified atom stereocenters. The van der Waals surface area contributed by atoms with Gasteiger partial charge in [0, 0.05) is 57.0 Å². The average molecular weight is 625 g/mol. The van der Waals surface area contributed by atoms with E-state index in [0.717, 1.165) is 0 Å². The van der Waals surface area contributed by atoms with E-state index >= 15 is 0 Å². The third kappa shape index (κ3) is 7.15. The van der Waals surface area contributed by atoms with Crippen molar-refractivity contribution in [3.8, 4) is 22.6 Å². The third-order valence-electron chi connectivity index (χ3n) is 7.64. The molecule has 1 aliphatic heterocycles. The van der Waals surface area contributed by atoms with Crippen LogP contribution >= 0.6 is 0 Å². The van der Waals surface area contributed by atoms with Crippen LogP contribution in [-0.4, -0.2) is 99.7 Å². The highest BCUT2D eigenvalue weighted by Crippen LogP contribution is 2.37. The second kappa shape index (κ2) is 13.7. The van der Waals surface area contributed by atoms with E-state index in [1.165, 1.54) is 20.2 Å². The van der Waals surface area contributed by atoms with E-state index in [0.29, 0.717) is 28.1 Å². The molecular formula is C32H40N4O7S. The molecule has 44 heavy (non-hydrogen) atoms. The van der Waals surface area contributed by atoms with Crippen molar-refractivity contribution in [1.29, 1.82) is 0 Å². The first-order chi connectivity index (χ1) is 20.8. The van der Waals surface area contributed by atoms with Crippen molar-refractivity contribution in [3.05, 3.63) is 72.3 Å². The van der Waals surface area contributed by atoms with Gasteiger partial charge < -0.3 is 29.7 Å². The van der Waals surface area contributed by atoms with Crippen LogP contribution in [0.5, 0.6) is 11.5 Å². The summed E-state index contributed by atoms with van der Waals surface area (Å²) < 4.78 is 40.7. The number of nitrogens with zero attached hydrogens (tertiary/aromatic N) is 3. The number of ether oxygens (including phenoxy) is 2. The number of hydrogen-bond donors (Lipinski definition) is 2. The lowest BCUT2D eigenvalue weighted by molar-refractivity contribution is 0.0827. The summed E-state index contributed by atoms with van der Waals surface area (Å²) in [4.78, 5) is 28.7. The van der Waals surface area contributed by atoms with Crippen molar-refractivity contribution < 1.29 is 32.6 Å². The highest BCUT2D eigenvalue weighted by Gasteiger charge is 2.38. The van der Waals surface area contributed by atoms with E-state index in [4.69, 9.17) is 9.47 Å². The largest absolute Gasteiger partial charge is 0.497 e. The quantitative estimate of drug-likeness (QED) is 0.388. The molecule has 1 aliphatic rings. The van der Waals surface area contributed by atoms with Gasteiger partial charge in [-0.15, -0.1) is 0 Å². The number of aliphatic hydroxyl groups is 1. The Balaban J connectivity index is 1.70. The number of fused-ring (bicyclic) bond motifs is 1. The van der Waals surface area contributed by atoms with Crippen LogP contribution in [0.1, 0.15) is 24.2 Å². The van der Waals surface area contributed by atoms with E-state index in [1.54, 1.807) is 89.8 Å². The molecule has 0 radical (unpaired) electrons. The van der Waals surface area contributed by atoms with E-state index in [-0.39, 0.29) is 48.2 Å². The molecule has 2 N–H and O–H groups in total. The molecule has 12 heteroatoms. The van der Waals surface area contributed by atoms with Gasteiger partial charge in [0.1, 0.15) is 22.5 Å². The number of likely N-dealkylation sites (N-methyl/N-ethyl adjacent to an activating group) is 1.